The number of carbonyl (C=O) groups is 1. The molecule has 0 fully saturated rings. The van der Waals surface area contributed by atoms with Crippen LogP contribution in [0.5, 0.6) is 0 Å². The van der Waals surface area contributed by atoms with Gasteiger partial charge >= 0.3 is 0 Å². The second kappa shape index (κ2) is 7.76. The lowest BCUT2D eigenvalue weighted by atomic mass is 10.0. The van der Waals surface area contributed by atoms with Crippen molar-refractivity contribution in [2.45, 2.75) is 19.0 Å². The molecule has 0 aromatic heterocycles. The predicted molar refractivity (Wildman–Crippen MR) is 94.7 cm³/mol. The molecule has 2 aromatic rings. The van der Waals surface area contributed by atoms with E-state index in [0.717, 1.165) is 16.1 Å². The molecule has 25 heavy (non-hydrogen) atoms. The number of nitrogens with zero attached hydrogens (tertiary/aromatic N) is 1. The van der Waals surface area contributed by atoms with E-state index in [1.807, 2.05) is 0 Å². The van der Waals surface area contributed by atoms with Gasteiger partial charge in [0.05, 0.1) is 12.3 Å². The highest BCUT2D eigenvalue weighted by molar-refractivity contribution is 7.88. The van der Waals surface area contributed by atoms with Gasteiger partial charge < -0.3 is 5.32 Å². The summed E-state index contributed by atoms with van der Waals surface area (Å²) in [5.41, 5.74) is 1.29. The highest BCUT2D eigenvalue weighted by Crippen LogP contribution is 2.23. The maximum atomic E-state index is 13.0. The van der Waals surface area contributed by atoms with Crippen molar-refractivity contribution >= 4 is 15.9 Å². The van der Waals surface area contributed by atoms with Crippen LogP contribution in [0.3, 0.4) is 0 Å². The minimum Gasteiger partial charge on any atom is -0.348 e. The fraction of sp³-hybridized carbons (Fsp3) is 0.278. The lowest BCUT2D eigenvalue weighted by Crippen LogP contribution is -2.42. The SMILES string of the molecule is C[C@H](NC(=O)[C@H](c1ccccc1)N(C)S(C)(=O)=O)c1ccc(F)cc1. The molecule has 0 radical (unpaired) electrons. The predicted octanol–water partition coefficient (Wildman–Crippen LogP) is 2.64. The first-order valence-corrected chi connectivity index (χ1v) is 9.59. The first-order chi connectivity index (χ1) is 11.7. The molecule has 0 unspecified atom stereocenters. The van der Waals surface area contributed by atoms with Crippen molar-refractivity contribution in [1.29, 1.82) is 0 Å². The number of hydrogen-bond acceptors (Lipinski definition) is 3. The summed E-state index contributed by atoms with van der Waals surface area (Å²) >= 11 is 0. The number of nitrogens with one attached hydrogen (secondary N) is 1. The summed E-state index contributed by atoms with van der Waals surface area (Å²) in [4.78, 5) is 12.8. The highest BCUT2D eigenvalue weighted by Gasteiger charge is 2.31. The zero-order chi connectivity index (χ0) is 18.6. The number of amides is 1. The molecule has 1 amide bonds. The van der Waals surface area contributed by atoms with Crippen molar-refractivity contribution < 1.29 is 17.6 Å². The van der Waals surface area contributed by atoms with E-state index in [0.29, 0.717) is 5.56 Å². The van der Waals surface area contributed by atoms with Gasteiger partial charge in [-0.25, -0.2) is 12.8 Å². The third-order valence-corrected chi connectivity index (χ3v) is 5.24. The zero-order valence-corrected chi connectivity index (χ0v) is 15.1. The monoisotopic (exact) mass is 364 g/mol. The first-order valence-electron chi connectivity index (χ1n) is 7.74. The summed E-state index contributed by atoms with van der Waals surface area (Å²) in [6.07, 6.45) is 1.06. The van der Waals surface area contributed by atoms with Crippen molar-refractivity contribution in [1.82, 2.24) is 9.62 Å². The van der Waals surface area contributed by atoms with Crippen molar-refractivity contribution in [2.75, 3.05) is 13.3 Å². The van der Waals surface area contributed by atoms with Crippen LogP contribution in [0.2, 0.25) is 0 Å². The molecule has 5 nitrogen and oxygen atoms in total. The van der Waals surface area contributed by atoms with Gasteiger partial charge in [-0.2, -0.15) is 4.31 Å². The van der Waals surface area contributed by atoms with Crippen molar-refractivity contribution in [3.63, 3.8) is 0 Å². The summed E-state index contributed by atoms with van der Waals surface area (Å²) in [5.74, 6) is -0.808. The second-order valence-corrected chi connectivity index (χ2v) is 7.92. The molecule has 2 aromatic carbocycles. The molecule has 134 valence electrons. The molecule has 2 atom stereocenters. The Bertz CT molecular complexity index is 823. The smallest absolute Gasteiger partial charge is 0.243 e. The van der Waals surface area contributed by atoms with E-state index < -0.39 is 28.0 Å². The average Bonchev–Trinajstić information content (AvgIpc) is 2.55. The minimum atomic E-state index is -3.58. The lowest BCUT2D eigenvalue weighted by Gasteiger charge is -2.27. The number of rotatable bonds is 6. The average molecular weight is 364 g/mol. The van der Waals surface area contributed by atoms with Crippen LogP contribution in [0.15, 0.2) is 54.6 Å². The molecule has 0 aliphatic rings. The summed E-state index contributed by atoms with van der Waals surface area (Å²) in [7, 11) is -2.21. The van der Waals surface area contributed by atoms with E-state index in [9.17, 15) is 17.6 Å². The minimum absolute atomic E-state index is 0.360. The molecule has 0 saturated carbocycles. The van der Waals surface area contributed by atoms with Crippen LogP contribution in [0.1, 0.15) is 30.1 Å². The van der Waals surface area contributed by atoms with Crippen molar-refractivity contribution in [3.8, 4) is 0 Å². The summed E-state index contributed by atoms with van der Waals surface area (Å²) < 4.78 is 38.0. The van der Waals surface area contributed by atoms with Crippen molar-refractivity contribution in [3.05, 3.63) is 71.5 Å². The molecule has 0 heterocycles. The Morgan fingerprint density at radius 2 is 1.60 bits per heavy atom. The van der Waals surface area contributed by atoms with Crippen molar-refractivity contribution in [2.24, 2.45) is 0 Å². The fourth-order valence-electron chi connectivity index (χ4n) is 2.48. The van der Waals surface area contributed by atoms with Gasteiger partial charge in [0.25, 0.3) is 0 Å². The van der Waals surface area contributed by atoms with Crippen LogP contribution in [0, 0.1) is 5.82 Å². The molecule has 0 aliphatic carbocycles. The third-order valence-electron chi connectivity index (χ3n) is 3.98. The summed E-state index contributed by atoms with van der Waals surface area (Å²) in [6, 6.07) is 13.1. The van der Waals surface area contributed by atoms with Crippen LogP contribution in [0.25, 0.3) is 0 Å². The number of sulfonamides is 1. The summed E-state index contributed by atoms with van der Waals surface area (Å²) in [5, 5.41) is 2.80. The van der Waals surface area contributed by atoms with Crippen LogP contribution in [-0.4, -0.2) is 31.9 Å². The van der Waals surface area contributed by atoms with Gasteiger partial charge in [-0.3, -0.25) is 4.79 Å². The van der Waals surface area contributed by atoms with Gasteiger partial charge in [-0.05, 0) is 30.2 Å². The first kappa shape index (κ1) is 19.1. The van der Waals surface area contributed by atoms with E-state index in [1.165, 1.54) is 19.2 Å². The van der Waals surface area contributed by atoms with Crippen LogP contribution < -0.4 is 5.32 Å². The Balaban J connectivity index is 2.28. The van der Waals surface area contributed by atoms with E-state index in [4.69, 9.17) is 0 Å². The van der Waals surface area contributed by atoms with Gasteiger partial charge in [0.1, 0.15) is 11.9 Å². The van der Waals surface area contributed by atoms with Gasteiger partial charge in [-0.15, -0.1) is 0 Å². The molecule has 1 N–H and O–H groups in total. The van der Waals surface area contributed by atoms with Gasteiger partial charge in [0.2, 0.25) is 15.9 Å². The molecule has 0 spiro atoms. The van der Waals surface area contributed by atoms with Crippen LogP contribution in [-0.2, 0) is 14.8 Å². The van der Waals surface area contributed by atoms with E-state index in [1.54, 1.807) is 49.4 Å². The number of carbonyl (C=O) groups excluding carboxylic acids is 1. The van der Waals surface area contributed by atoms with E-state index in [-0.39, 0.29) is 5.82 Å². The second-order valence-electron chi connectivity index (χ2n) is 5.87. The normalized spacial score (nSPS) is 14.1. The number of hydrogen-bond donors (Lipinski definition) is 1. The Morgan fingerprint density at radius 3 is 2.12 bits per heavy atom. The number of benzene rings is 2. The Labute approximate surface area is 147 Å². The van der Waals surface area contributed by atoms with Gasteiger partial charge in [0.15, 0.2) is 0 Å². The van der Waals surface area contributed by atoms with Crippen LogP contribution in [0.4, 0.5) is 4.39 Å². The highest BCUT2D eigenvalue weighted by atomic mass is 32.2. The quantitative estimate of drug-likeness (QED) is 0.857. The molecular weight excluding hydrogens is 343 g/mol. The van der Waals surface area contributed by atoms with Gasteiger partial charge in [-0.1, -0.05) is 42.5 Å². The maximum Gasteiger partial charge on any atom is 0.243 e. The Kier molecular flexibility index (Phi) is 5.92. The molecule has 7 heteroatoms. The largest absolute Gasteiger partial charge is 0.348 e. The molecule has 0 saturated heterocycles. The Hall–Kier alpha value is -2.25. The lowest BCUT2D eigenvalue weighted by molar-refractivity contribution is -0.125. The number of likely N-dealkylation sites (N-methyl/N-ethyl adjacent to an activating group) is 1. The van der Waals surface area contributed by atoms with Crippen LogP contribution >= 0.6 is 0 Å². The topological polar surface area (TPSA) is 66.5 Å². The molecular formula is C18H21FN2O3S. The van der Waals surface area contributed by atoms with Gasteiger partial charge in [0, 0.05) is 7.05 Å². The summed E-state index contributed by atoms with van der Waals surface area (Å²) in [6.45, 7) is 1.76. The molecule has 2 rings (SSSR count). The fourth-order valence-corrected chi connectivity index (χ4v) is 3.08. The molecule has 0 bridgehead atoms. The molecule has 0 aliphatic heterocycles. The van der Waals surface area contributed by atoms with E-state index in [2.05, 4.69) is 5.32 Å². The number of halogens is 1. The maximum absolute atomic E-state index is 13.0. The zero-order valence-electron chi connectivity index (χ0n) is 14.3. The third kappa shape index (κ3) is 4.87. The standard InChI is InChI=1S/C18H21FN2O3S/c1-13(14-9-11-16(19)12-10-14)20-18(22)17(21(2)25(3,23)24)15-7-5-4-6-8-15/h4-13,17H,1-3H3,(H,20,22)/t13-,17-/m0/s1. The van der Waals surface area contributed by atoms with E-state index >= 15 is 0 Å². The Morgan fingerprint density at radius 1 is 1.04 bits per heavy atom.